The highest BCUT2D eigenvalue weighted by molar-refractivity contribution is 7.07. The number of aryl methyl sites for hydroxylation is 1. The van der Waals surface area contributed by atoms with Crippen LogP contribution in [-0.2, 0) is 12.8 Å². The Balaban J connectivity index is 1.72. The van der Waals surface area contributed by atoms with Crippen LogP contribution in [0.25, 0.3) is 0 Å². The molecule has 19 heavy (non-hydrogen) atoms. The highest BCUT2D eigenvalue weighted by Crippen LogP contribution is 2.12. The second-order valence-electron chi connectivity index (χ2n) is 4.81. The Kier molecular flexibility index (Phi) is 5.89. The first-order valence-corrected chi connectivity index (χ1v) is 8.02. The van der Waals surface area contributed by atoms with Crippen molar-refractivity contribution in [1.82, 2.24) is 4.98 Å². The minimum atomic E-state index is 0.943. The van der Waals surface area contributed by atoms with Gasteiger partial charge >= 0.3 is 0 Å². The fourth-order valence-electron chi connectivity index (χ4n) is 2.06. The lowest BCUT2D eigenvalue weighted by molar-refractivity contribution is 0.717. The van der Waals surface area contributed by atoms with Crippen LogP contribution in [0.2, 0.25) is 0 Å². The standard InChI is InChI=1S/C16H22N2S/c1-2-3-4-5-14-6-8-15(9-7-14)17-11-10-16-12-19-13-18-16/h6-9,12-13,17H,2-5,10-11H2,1H3. The number of unbranched alkanes of at least 4 members (excludes halogenated alkanes) is 2. The second-order valence-corrected chi connectivity index (χ2v) is 5.53. The van der Waals surface area contributed by atoms with E-state index in [0.29, 0.717) is 0 Å². The third kappa shape index (κ3) is 5.03. The Labute approximate surface area is 119 Å². The zero-order valence-corrected chi connectivity index (χ0v) is 12.4. The van der Waals surface area contributed by atoms with Gasteiger partial charge in [-0.15, -0.1) is 11.3 Å². The molecule has 0 aliphatic heterocycles. The van der Waals surface area contributed by atoms with Crippen LogP contribution in [0.5, 0.6) is 0 Å². The highest BCUT2D eigenvalue weighted by Gasteiger charge is 1.97. The third-order valence-corrected chi connectivity index (χ3v) is 3.85. The number of rotatable bonds is 8. The van der Waals surface area contributed by atoms with Gasteiger partial charge in [0.05, 0.1) is 11.2 Å². The summed E-state index contributed by atoms with van der Waals surface area (Å²) in [4.78, 5) is 4.28. The van der Waals surface area contributed by atoms with Crippen molar-refractivity contribution in [2.24, 2.45) is 0 Å². The Bertz CT molecular complexity index is 448. The molecule has 0 spiro atoms. The van der Waals surface area contributed by atoms with Gasteiger partial charge in [0.15, 0.2) is 0 Å². The molecule has 1 aromatic carbocycles. The molecule has 0 fully saturated rings. The van der Waals surface area contributed by atoms with Crippen LogP contribution in [-0.4, -0.2) is 11.5 Å². The molecule has 0 bridgehead atoms. The van der Waals surface area contributed by atoms with E-state index in [0.717, 1.165) is 13.0 Å². The average Bonchev–Trinajstić information content (AvgIpc) is 2.94. The number of hydrogen-bond donors (Lipinski definition) is 1. The maximum atomic E-state index is 4.28. The molecular weight excluding hydrogens is 252 g/mol. The SMILES string of the molecule is CCCCCc1ccc(NCCc2cscn2)cc1. The fourth-order valence-corrected chi connectivity index (χ4v) is 2.66. The third-order valence-electron chi connectivity index (χ3n) is 3.22. The highest BCUT2D eigenvalue weighted by atomic mass is 32.1. The molecule has 1 heterocycles. The van der Waals surface area contributed by atoms with Crippen molar-refractivity contribution in [1.29, 1.82) is 0 Å². The predicted molar refractivity (Wildman–Crippen MR) is 84.0 cm³/mol. The average molecular weight is 274 g/mol. The summed E-state index contributed by atoms with van der Waals surface area (Å²) in [5.74, 6) is 0. The predicted octanol–water partition coefficient (Wildman–Crippen LogP) is 4.53. The Morgan fingerprint density at radius 2 is 1.95 bits per heavy atom. The van der Waals surface area contributed by atoms with E-state index in [1.807, 2.05) is 5.51 Å². The van der Waals surface area contributed by atoms with E-state index in [9.17, 15) is 0 Å². The van der Waals surface area contributed by atoms with Gasteiger partial charge in [-0.1, -0.05) is 31.9 Å². The molecule has 2 nitrogen and oxygen atoms in total. The zero-order valence-electron chi connectivity index (χ0n) is 11.6. The van der Waals surface area contributed by atoms with Crippen molar-refractivity contribution >= 4 is 17.0 Å². The molecule has 102 valence electrons. The molecule has 1 aromatic heterocycles. The summed E-state index contributed by atoms with van der Waals surface area (Å²) in [5, 5.41) is 5.55. The summed E-state index contributed by atoms with van der Waals surface area (Å²) in [5.41, 5.74) is 5.71. The maximum Gasteiger partial charge on any atom is 0.0794 e. The number of aromatic nitrogens is 1. The monoisotopic (exact) mass is 274 g/mol. The molecule has 0 saturated carbocycles. The van der Waals surface area contributed by atoms with E-state index in [1.165, 1.54) is 42.6 Å². The van der Waals surface area contributed by atoms with Crippen LogP contribution in [0.1, 0.15) is 37.4 Å². The van der Waals surface area contributed by atoms with Gasteiger partial charge in [0.2, 0.25) is 0 Å². The van der Waals surface area contributed by atoms with E-state index in [4.69, 9.17) is 0 Å². The molecule has 0 aliphatic rings. The summed E-state index contributed by atoms with van der Waals surface area (Å²) < 4.78 is 0. The quantitative estimate of drug-likeness (QED) is 0.715. The van der Waals surface area contributed by atoms with E-state index in [-0.39, 0.29) is 0 Å². The van der Waals surface area contributed by atoms with Gasteiger partial charge in [-0.25, -0.2) is 4.98 Å². The van der Waals surface area contributed by atoms with Gasteiger partial charge in [-0.3, -0.25) is 0 Å². The summed E-state index contributed by atoms with van der Waals surface area (Å²) in [6, 6.07) is 8.84. The molecular formula is C16H22N2S. The summed E-state index contributed by atoms with van der Waals surface area (Å²) in [7, 11) is 0. The smallest absolute Gasteiger partial charge is 0.0794 e. The molecule has 0 aliphatic carbocycles. The lowest BCUT2D eigenvalue weighted by Gasteiger charge is -2.06. The van der Waals surface area contributed by atoms with Gasteiger partial charge in [0, 0.05) is 24.0 Å². The van der Waals surface area contributed by atoms with Crippen molar-refractivity contribution in [2.45, 2.75) is 39.0 Å². The Hall–Kier alpha value is -1.35. The van der Waals surface area contributed by atoms with E-state index < -0.39 is 0 Å². The van der Waals surface area contributed by atoms with Crippen molar-refractivity contribution in [3.05, 3.63) is 46.4 Å². The van der Waals surface area contributed by atoms with Crippen LogP contribution in [0.4, 0.5) is 5.69 Å². The largest absolute Gasteiger partial charge is 0.385 e. The summed E-state index contributed by atoms with van der Waals surface area (Å²) in [6.07, 6.45) is 6.10. The lowest BCUT2D eigenvalue weighted by atomic mass is 10.1. The normalized spacial score (nSPS) is 10.6. The molecule has 0 radical (unpaired) electrons. The number of nitrogens with zero attached hydrogens (tertiary/aromatic N) is 1. The number of benzene rings is 1. The van der Waals surface area contributed by atoms with Gasteiger partial charge in [0.1, 0.15) is 0 Å². The van der Waals surface area contributed by atoms with Gasteiger partial charge in [-0.2, -0.15) is 0 Å². The van der Waals surface area contributed by atoms with Crippen LogP contribution >= 0.6 is 11.3 Å². The first kappa shape index (κ1) is 14.1. The van der Waals surface area contributed by atoms with E-state index >= 15 is 0 Å². The van der Waals surface area contributed by atoms with Gasteiger partial charge in [0.25, 0.3) is 0 Å². The second kappa shape index (κ2) is 7.95. The van der Waals surface area contributed by atoms with Gasteiger partial charge < -0.3 is 5.32 Å². The summed E-state index contributed by atoms with van der Waals surface area (Å²) >= 11 is 1.66. The summed E-state index contributed by atoms with van der Waals surface area (Å²) in [6.45, 7) is 3.19. The Morgan fingerprint density at radius 1 is 1.11 bits per heavy atom. The van der Waals surface area contributed by atoms with Crippen LogP contribution in [0.3, 0.4) is 0 Å². The molecule has 0 atom stereocenters. The number of thiazole rings is 1. The molecule has 2 aromatic rings. The molecule has 3 heteroatoms. The fraction of sp³-hybridized carbons (Fsp3) is 0.438. The molecule has 0 unspecified atom stereocenters. The molecule has 0 saturated heterocycles. The van der Waals surface area contributed by atoms with Crippen molar-refractivity contribution < 1.29 is 0 Å². The first-order valence-electron chi connectivity index (χ1n) is 7.08. The zero-order chi connectivity index (χ0) is 13.3. The number of nitrogens with one attached hydrogen (secondary N) is 1. The molecule has 0 amide bonds. The maximum absolute atomic E-state index is 4.28. The Morgan fingerprint density at radius 3 is 2.63 bits per heavy atom. The van der Waals surface area contributed by atoms with Crippen molar-refractivity contribution in [3.63, 3.8) is 0 Å². The van der Waals surface area contributed by atoms with E-state index in [2.05, 4.69) is 46.9 Å². The van der Waals surface area contributed by atoms with Gasteiger partial charge in [-0.05, 0) is 30.5 Å². The topological polar surface area (TPSA) is 24.9 Å². The molecule has 1 N–H and O–H groups in total. The minimum absolute atomic E-state index is 0.943. The number of anilines is 1. The van der Waals surface area contributed by atoms with Crippen molar-refractivity contribution in [3.8, 4) is 0 Å². The molecule has 2 rings (SSSR count). The first-order chi connectivity index (χ1) is 9.38. The lowest BCUT2D eigenvalue weighted by Crippen LogP contribution is -2.04. The van der Waals surface area contributed by atoms with E-state index in [1.54, 1.807) is 11.3 Å². The van der Waals surface area contributed by atoms with Crippen molar-refractivity contribution in [2.75, 3.05) is 11.9 Å². The van der Waals surface area contributed by atoms with Crippen LogP contribution < -0.4 is 5.32 Å². The van der Waals surface area contributed by atoms with Crippen LogP contribution in [0.15, 0.2) is 35.2 Å². The van der Waals surface area contributed by atoms with Crippen LogP contribution in [0, 0.1) is 0 Å². The number of hydrogen-bond acceptors (Lipinski definition) is 3. The minimum Gasteiger partial charge on any atom is -0.385 e.